The molecule has 3 saturated heterocycles. The van der Waals surface area contributed by atoms with Gasteiger partial charge in [-0.15, -0.1) is 0 Å². The van der Waals surface area contributed by atoms with Gasteiger partial charge in [-0.1, -0.05) is 13.0 Å². The molecule has 0 spiro atoms. The molecule has 7 rings (SSSR count). The normalized spacial score (nSPS) is 24.0. The topological polar surface area (TPSA) is 94.8 Å². The number of alkyl halides is 1. The highest BCUT2D eigenvalue weighted by atomic mass is 19.1. The molecule has 2 N–H and O–H groups in total. The van der Waals surface area contributed by atoms with Crippen molar-refractivity contribution in [2.45, 2.75) is 50.7 Å². The van der Waals surface area contributed by atoms with Crippen LogP contribution in [0.25, 0.3) is 32.9 Å². The number of pyridine rings is 1. The van der Waals surface area contributed by atoms with Crippen LogP contribution in [0.1, 0.15) is 38.2 Å². The summed E-state index contributed by atoms with van der Waals surface area (Å²) >= 11 is 0. The number of benzene rings is 2. The number of aliphatic hydroxyl groups is 1. The zero-order valence-electron chi connectivity index (χ0n) is 24.0. The number of aromatic nitrogens is 3. The lowest BCUT2D eigenvalue weighted by Gasteiger charge is -2.31. The predicted octanol–water partition coefficient (Wildman–Crippen LogP) is 5.17. The predicted molar refractivity (Wildman–Crippen MR) is 157 cm³/mol. The first kappa shape index (κ1) is 28.1. The van der Waals surface area contributed by atoms with Gasteiger partial charge in [-0.25, -0.2) is 13.2 Å². The number of aliphatic hydroxyl groups excluding tert-OH is 1. The first-order valence-corrected chi connectivity index (χ1v) is 15.0. The number of rotatable bonds is 7. The first-order chi connectivity index (χ1) is 20.8. The largest absolute Gasteiger partial charge is 0.508 e. The third-order valence-corrected chi connectivity index (χ3v) is 9.48. The van der Waals surface area contributed by atoms with E-state index in [-0.39, 0.29) is 47.7 Å². The number of ether oxygens (including phenoxy) is 1. The molecule has 1 unspecified atom stereocenters. The van der Waals surface area contributed by atoms with Gasteiger partial charge >= 0.3 is 6.01 Å². The Morgan fingerprint density at radius 1 is 1.14 bits per heavy atom. The Bertz CT molecular complexity index is 1720. The van der Waals surface area contributed by atoms with E-state index in [2.05, 4.69) is 14.9 Å². The summed E-state index contributed by atoms with van der Waals surface area (Å²) in [6.07, 6.45) is 3.84. The molecule has 226 valence electrons. The van der Waals surface area contributed by atoms with Gasteiger partial charge in [0.2, 0.25) is 0 Å². The molecule has 3 aliphatic heterocycles. The van der Waals surface area contributed by atoms with Crippen molar-refractivity contribution >= 4 is 27.5 Å². The van der Waals surface area contributed by atoms with Gasteiger partial charge in [0.05, 0.1) is 10.9 Å². The molecule has 5 heterocycles. The van der Waals surface area contributed by atoms with Gasteiger partial charge in [0.25, 0.3) is 0 Å². The molecule has 0 bridgehead atoms. The van der Waals surface area contributed by atoms with Crippen LogP contribution >= 0.6 is 0 Å². The fourth-order valence-electron chi connectivity index (χ4n) is 7.37. The Balaban J connectivity index is 1.37. The van der Waals surface area contributed by atoms with Crippen LogP contribution in [-0.4, -0.2) is 81.2 Å². The van der Waals surface area contributed by atoms with E-state index >= 15 is 4.39 Å². The first-order valence-electron chi connectivity index (χ1n) is 15.0. The third-order valence-electron chi connectivity index (χ3n) is 9.48. The summed E-state index contributed by atoms with van der Waals surface area (Å²) in [5.41, 5.74) is 0.137. The average Bonchev–Trinajstić information content (AvgIpc) is 3.70. The Morgan fingerprint density at radius 2 is 2.00 bits per heavy atom. The number of fused-ring (bicyclic) bond motifs is 3. The fraction of sp³-hybridized carbons (Fsp3) is 0.469. The van der Waals surface area contributed by atoms with E-state index in [9.17, 15) is 19.0 Å². The van der Waals surface area contributed by atoms with Crippen molar-refractivity contribution in [3.63, 3.8) is 0 Å². The smallest absolute Gasteiger partial charge is 0.319 e. The maximum atomic E-state index is 16.6. The summed E-state index contributed by atoms with van der Waals surface area (Å²) in [5, 5.41) is 21.7. The van der Waals surface area contributed by atoms with Crippen molar-refractivity contribution < 1.29 is 28.1 Å². The zero-order chi connectivity index (χ0) is 29.9. The van der Waals surface area contributed by atoms with Gasteiger partial charge in [-0.05, 0) is 66.8 Å². The summed E-state index contributed by atoms with van der Waals surface area (Å²) in [5.74, 6) is -0.755. The van der Waals surface area contributed by atoms with E-state index < -0.39 is 23.3 Å². The second kappa shape index (κ2) is 10.8. The molecule has 4 aromatic rings. The molecular formula is C32H34F3N5O3. The monoisotopic (exact) mass is 593 g/mol. The lowest BCUT2D eigenvalue weighted by atomic mass is 9.94. The van der Waals surface area contributed by atoms with Gasteiger partial charge in [0.15, 0.2) is 5.82 Å². The molecule has 11 heteroatoms. The number of hydrogen-bond acceptors (Lipinski definition) is 8. The molecule has 0 amide bonds. The lowest BCUT2D eigenvalue weighted by molar-refractivity contribution is 0.107. The summed E-state index contributed by atoms with van der Waals surface area (Å²) in [7, 11) is 0. The van der Waals surface area contributed by atoms with E-state index in [4.69, 9.17) is 9.72 Å². The Kier molecular flexibility index (Phi) is 7.04. The highest BCUT2D eigenvalue weighted by molar-refractivity contribution is 6.01. The van der Waals surface area contributed by atoms with E-state index in [1.165, 1.54) is 24.4 Å². The summed E-state index contributed by atoms with van der Waals surface area (Å²) in [6, 6.07) is 5.79. The molecule has 3 fully saturated rings. The van der Waals surface area contributed by atoms with Crippen molar-refractivity contribution in [2.24, 2.45) is 5.92 Å². The Hall–Kier alpha value is -3.70. The highest BCUT2D eigenvalue weighted by Gasteiger charge is 2.49. The van der Waals surface area contributed by atoms with Crippen molar-refractivity contribution in [3.05, 3.63) is 47.7 Å². The molecule has 43 heavy (non-hydrogen) atoms. The number of phenolic OH excluding ortho intramolecular Hbond substituents is 1. The van der Waals surface area contributed by atoms with Gasteiger partial charge in [-0.2, -0.15) is 9.97 Å². The number of hydrogen-bond donors (Lipinski definition) is 2. The standard InChI is InChI=1S/C32H34F3N5O3/c1-2-22-25(34)5-4-19-10-21(42)11-23(26(19)22)28-27(35)29-24(13-36-28)30(39-9-6-18(14-39)16-41)38-31(37-29)43-17-32-7-3-8-40(32)15-20(33)12-32/h4-5,10-11,13,18,20,41-42H,2-3,6-9,12,14-17H2,1H3/t18-,20-,32?/m1/s1. The average molecular weight is 594 g/mol. The molecular weight excluding hydrogens is 559 g/mol. The van der Waals surface area contributed by atoms with E-state index in [0.717, 1.165) is 25.8 Å². The van der Waals surface area contributed by atoms with Gasteiger partial charge in [0.1, 0.15) is 41.4 Å². The Labute approximate surface area is 247 Å². The van der Waals surface area contributed by atoms with Crippen molar-refractivity contribution in [1.29, 1.82) is 0 Å². The second-order valence-corrected chi connectivity index (χ2v) is 12.1. The van der Waals surface area contributed by atoms with Gasteiger partial charge < -0.3 is 19.8 Å². The number of halogens is 3. The van der Waals surface area contributed by atoms with E-state index in [1.807, 2.05) is 11.8 Å². The minimum absolute atomic E-state index is 0.0149. The van der Waals surface area contributed by atoms with Gasteiger partial charge in [-0.3, -0.25) is 9.88 Å². The van der Waals surface area contributed by atoms with Crippen LogP contribution in [-0.2, 0) is 6.42 Å². The van der Waals surface area contributed by atoms with Crippen LogP contribution in [0.5, 0.6) is 11.8 Å². The van der Waals surface area contributed by atoms with Crippen LogP contribution in [0.3, 0.4) is 0 Å². The second-order valence-electron chi connectivity index (χ2n) is 12.1. The molecule has 2 aromatic carbocycles. The summed E-state index contributed by atoms with van der Waals surface area (Å²) < 4.78 is 52.1. The van der Waals surface area contributed by atoms with Gasteiger partial charge in [0, 0.05) is 50.3 Å². The van der Waals surface area contributed by atoms with Crippen LogP contribution < -0.4 is 9.64 Å². The van der Waals surface area contributed by atoms with E-state index in [0.29, 0.717) is 60.0 Å². The molecule has 3 aliphatic rings. The van der Waals surface area contributed by atoms with E-state index in [1.54, 1.807) is 6.07 Å². The Morgan fingerprint density at radius 3 is 2.79 bits per heavy atom. The number of aryl methyl sites for hydroxylation is 1. The highest BCUT2D eigenvalue weighted by Crippen LogP contribution is 2.42. The SMILES string of the molecule is CCc1c(F)ccc2cc(O)cc(-c3ncc4c(N5CC[C@@H](CO)C5)nc(OCC56CCCN5C[C@H](F)C6)nc4c3F)c12. The summed E-state index contributed by atoms with van der Waals surface area (Å²) in [4.78, 5) is 17.8. The zero-order valence-corrected chi connectivity index (χ0v) is 24.0. The fourth-order valence-corrected chi connectivity index (χ4v) is 7.37. The molecule has 0 saturated carbocycles. The van der Waals surface area contributed by atoms with Crippen molar-refractivity contribution in [1.82, 2.24) is 19.9 Å². The molecule has 2 aromatic heterocycles. The number of anilines is 1. The minimum atomic E-state index is -0.918. The molecule has 3 atom stereocenters. The number of phenols is 1. The van der Waals surface area contributed by atoms with Crippen molar-refractivity contribution in [2.75, 3.05) is 44.3 Å². The maximum Gasteiger partial charge on any atom is 0.319 e. The molecule has 8 nitrogen and oxygen atoms in total. The van der Waals surface area contributed by atoms with Crippen molar-refractivity contribution in [3.8, 4) is 23.0 Å². The molecule has 0 radical (unpaired) electrons. The van der Waals surface area contributed by atoms with Crippen LogP contribution in [0, 0.1) is 17.6 Å². The quantitative estimate of drug-likeness (QED) is 0.303. The maximum absolute atomic E-state index is 16.6. The van der Waals surface area contributed by atoms with Crippen LogP contribution in [0.2, 0.25) is 0 Å². The lowest BCUT2D eigenvalue weighted by Crippen LogP contribution is -2.43. The van der Waals surface area contributed by atoms with Crippen LogP contribution in [0.4, 0.5) is 19.0 Å². The third kappa shape index (κ3) is 4.73. The number of aromatic hydroxyl groups is 1. The summed E-state index contributed by atoms with van der Waals surface area (Å²) in [6.45, 7) is 4.37. The molecule has 0 aliphatic carbocycles. The van der Waals surface area contributed by atoms with Crippen LogP contribution in [0.15, 0.2) is 30.5 Å². The number of nitrogens with zero attached hydrogens (tertiary/aromatic N) is 5. The minimum Gasteiger partial charge on any atom is -0.508 e.